The normalized spacial score (nSPS) is 11.1. The van der Waals surface area contributed by atoms with Gasteiger partial charge in [-0.25, -0.2) is 4.52 Å². The molecular formula is C13H16BrN3O. The SMILES string of the molecule is CC(C)N(CCBr)C(=O)c1cnn2ccccc12. The highest BCUT2D eigenvalue weighted by Crippen LogP contribution is 2.14. The van der Waals surface area contributed by atoms with Crippen molar-refractivity contribution in [3.63, 3.8) is 0 Å². The highest BCUT2D eigenvalue weighted by molar-refractivity contribution is 9.09. The molecule has 0 fully saturated rings. The number of hydrogen-bond acceptors (Lipinski definition) is 2. The zero-order chi connectivity index (χ0) is 13.1. The standard InChI is InChI=1S/C13H16BrN3O/c1-10(2)16(8-6-14)13(18)11-9-15-17-7-4-3-5-12(11)17/h3-5,7,9-10H,6,8H2,1-2H3. The fourth-order valence-electron chi connectivity index (χ4n) is 1.94. The van der Waals surface area contributed by atoms with E-state index in [1.165, 1.54) is 0 Å². The van der Waals surface area contributed by atoms with E-state index >= 15 is 0 Å². The van der Waals surface area contributed by atoms with Gasteiger partial charge in [0.1, 0.15) is 0 Å². The summed E-state index contributed by atoms with van der Waals surface area (Å²) < 4.78 is 1.72. The molecule has 2 aromatic rings. The minimum absolute atomic E-state index is 0.0330. The van der Waals surface area contributed by atoms with Crippen LogP contribution < -0.4 is 0 Å². The second-order valence-corrected chi connectivity index (χ2v) is 5.16. The molecule has 2 rings (SSSR count). The Labute approximate surface area is 115 Å². The highest BCUT2D eigenvalue weighted by atomic mass is 79.9. The topological polar surface area (TPSA) is 37.6 Å². The largest absolute Gasteiger partial charge is 0.335 e. The van der Waals surface area contributed by atoms with E-state index in [9.17, 15) is 4.79 Å². The number of amides is 1. The summed E-state index contributed by atoms with van der Waals surface area (Å²) >= 11 is 3.38. The number of hydrogen-bond donors (Lipinski definition) is 0. The minimum Gasteiger partial charge on any atom is -0.335 e. The predicted octanol–water partition coefficient (Wildman–Crippen LogP) is 2.58. The fraction of sp³-hybridized carbons (Fsp3) is 0.385. The number of fused-ring (bicyclic) bond motifs is 1. The van der Waals surface area contributed by atoms with Crippen molar-refractivity contribution in [2.75, 3.05) is 11.9 Å². The molecule has 2 heterocycles. The van der Waals surface area contributed by atoms with Crippen LogP contribution in [0.2, 0.25) is 0 Å². The molecule has 0 spiro atoms. The van der Waals surface area contributed by atoms with Gasteiger partial charge in [0.2, 0.25) is 0 Å². The summed E-state index contributed by atoms with van der Waals surface area (Å²) in [5, 5.41) is 4.97. The number of nitrogens with zero attached hydrogens (tertiary/aromatic N) is 3. The van der Waals surface area contributed by atoms with Crippen LogP contribution in [0.1, 0.15) is 24.2 Å². The predicted molar refractivity (Wildman–Crippen MR) is 75.2 cm³/mol. The third kappa shape index (κ3) is 2.41. The van der Waals surface area contributed by atoms with Gasteiger partial charge in [0.25, 0.3) is 5.91 Å². The average Bonchev–Trinajstić information content (AvgIpc) is 2.78. The molecule has 18 heavy (non-hydrogen) atoms. The summed E-state index contributed by atoms with van der Waals surface area (Å²) in [6.45, 7) is 4.74. The van der Waals surface area contributed by atoms with Crippen LogP contribution in [0.25, 0.3) is 5.52 Å². The van der Waals surface area contributed by atoms with Gasteiger partial charge in [0.05, 0.1) is 17.3 Å². The third-order valence-electron chi connectivity index (χ3n) is 2.87. The first kappa shape index (κ1) is 13.1. The molecular weight excluding hydrogens is 294 g/mol. The maximum Gasteiger partial charge on any atom is 0.257 e. The molecule has 0 radical (unpaired) electrons. The van der Waals surface area contributed by atoms with E-state index in [0.717, 1.165) is 10.8 Å². The third-order valence-corrected chi connectivity index (χ3v) is 3.22. The Morgan fingerprint density at radius 1 is 1.50 bits per heavy atom. The number of alkyl halides is 1. The first-order chi connectivity index (χ1) is 8.65. The van der Waals surface area contributed by atoms with Crippen molar-refractivity contribution >= 4 is 27.4 Å². The fourth-order valence-corrected chi connectivity index (χ4v) is 2.32. The zero-order valence-electron chi connectivity index (χ0n) is 10.5. The zero-order valence-corrected chi connectivity index (χ0v) is 12.1. The summed E-state index contributed by atoms with van der Waals surface area (Å²) in [4.78, 5) is 14.3. The van der Waals surface area contributed by atoms with Crippen molar-refractivity contribution in [3.05, 3.63) is 36.2 Å². The number of carbonyl (C=O) groups is 1. The van der Waals surface area contributed by atoms with Crippen LogP contribution in [-0.2, 0) is 0 Å². The smallest absolute Gasteiger partial charge is 0.257 e. The second kappa shape index (κ2) is 5.52. The van der Waals surface area contributed by atoms with Gasteiger partial charge in [0, 0.05) is 24.1 Å². The molecule has 1 amide bonds. The van der Waals surface area contributed by atoms with Crippen molar-refractivity contribution in [1.82, 2.24) is 14.5 Å². The molecule has 5 heteroatoms. The summed E-state index contributed by atoms with van der Waals surface area (Å²) in [6.07, 6.45) is 3.48. The maximum atomic E-state index is 12.5. The first-order valence-electron chi connectivity index (χ1n) is 5.94. The van der Waals surface area contributed by atoms with Gasteiger partial charge >= 0.3 is 0 Å². The Morgan fingerprint density at radius 2 is 2.28 bits per heavy atom. The molecule has 0 aliphatic heterocycles. The van der Waals surface area contributed by atoms with Crippen molar-refractivity contribution in [2.45, 2.75) is 19.9 Å². The van der Waals surface area contributed by atoms with Gasteiger partial charge in [0.15, 0.2) is 0 Å². The summed E-state index contributed by atoms with van der Waals surface area (Å²) in [5.41, 5.74) is 1.51. The molecule has 0 bridgehead atoms. The Kier molecular flexibility index (Phi) is 4.01. The lowest BCUT2D eigenvalue weighted by Gasteiger charge is -2.25. The number of halogens is 1. The molecule has 2 aromatic heterocycles. The van der Waals surface area contributed by atoms with Gasteiger partial charge in [-0.05, 0) is 26.0 Å². The molecule has 0 aliphatic rings. The Morgan fingerprint density at radius 3 is 2.94 bits per heavy atom. The lowest BCUT2D eigenvalue weighted by Crippen LogP contribution is -2.38. The number of carbonyl (C=O) groups excluding carboxylic acids is 1. The van der Waals surface area contributed by atoms with Gasteiger partial charge < -0.3 is 4.90 Å². The highest BCUT2D eigenvalue weighted by Gasteiger charge is 2.21. The molecule has 0 N–H and O–H groups in total. The molecule has 0 saturated carbocycles. The monoisotopic (exact) mass is 309 g/mol. The van der Waals surface area contributed by atoms with E-state index in [1.807, 2.05) is 43.1 Å². The van der Waals surface area contributed by atoms with Crippen LogP contribution in [0.3, 0.4) is 0 Å². The molecule has 0 unspecified atom stereocenters. The lowest BCUT2D eigenvalue weighted by atomic mass is 10.2. The number of rotatable bonds is 4. The first-order valence-corrected chi connectivity index (χ1v) is 7.06. The van der Waals surface area contributed by atoms with Crippen LogP contribution in [0.4, 0.5) is 0 Å². The van der Waals surface area contributed by atoms with Gasteiger partial charge in [-0.3, -0.25) is 4.79 Å². The van der Waals surface area contributed by atoms with Crippen molar-refractivity contribution < 1.29 is 4.79 Å². The van der Waals surface area contributed by atoms with E-state index in [-0.39, 0.29) is 11.9 Å². The molecule has 0 aliphatic carbocycles. The van der Waals surface area contributed by atoms with Gasteiger partial charge in [-0.15, -0.1) is 0 Å². The quantitative estimate of drug-likeness (QED) is 0.814. The minimum atomic E-state index is 0.0330. The van der Waals surface area contributed by atoms with E-state index in [2.05, 4.69) is 21.0 Å². The van der Waals surface area contributed by atoms with E-state index in [1.54, 1.807) is 10.7 Å². The van der Waals surface area contributed by atoms with Crippen LogP contribution >= 0.6 is 15.9 Å². The summed E-state index contributed by atoms with van der Waals surface area (Å²) in [7, 11) is 0. The average molecular weight is 310 g/mol. The summed E-state index contributed by atoms with van der Waals surface area (Å²) in [5.74, 6) is 0.0330. The van der Waals surface area contributed by atoms with E-state index in [4.69, 9.17) is 0 Å². The Bertz CT molecular complexity index is 550. The lowest BCUT2D eigenvalue weighted by molar-refractivity contribution is 0.0721. The van der Waals surface area contributed by atoms with Crippen LogP contribution in [0.15, 0.2) is 30.6 Å². The second-order valence-electron chi connectivity index (χ2n) is 4.37. The van der Waals surface area contributed by atoms with E-state index in [0.29, 0.717) is 12.1 Å². The molecule has 4 nitrogen and oxygen atoms in total. The van der Waals surface area contributed by atoms with Crippen molar-refractivity contribution in [3.8, 4) is 0 Å². The number of pyridine rings is 1. The van der Waals surface area contributed by atoms with Crippen LogP contribution in [-0.4, -0.2) is 38.3 Å². The summed E-state index contributed by atoms with van der Waals surface area (Å²) in [6, 6.07) is 5.89. The molecule has 0 saturated heterocycles. The number of aromatic nitrogens is 2. The molecule has 96 valence electrons. The van der Waals surface area contributed by atoms with Gasteiger partial charge in [-0.1, -0.05) is 22.0 Å². The molecule has 0 atom stereocenters. The van der Waals surface area contributed by atoms with Crippen LogP contribution in [0, 0.1) is 0 Å². The molecule has 0 aromatic carbocycles. The van der Waals surface area contributed by atoms with Crippen molar-refractivity contribution in [2.24, 2.45) is 0 Å². The Hall–Kier alpha value is -1.36. The van der Waals surface area contributed by atoms with E-state index < -0.39 is 0 Å². The maximum absolute atomic E-state index is 12.5. The van der Waals surface area contributed by atoms with Crippen LogP contribution in [0.5, 0.6) is 0 Å². The van der Waals surface area contributed by atoms with Gasteiger partial charge in [-0.2, -0.15) is 5.10 Å². The Balaban J connectivity index is 2.38. The van der Waals surface area contributed by atoms with Crippen molar-refractivity contribution in [1.29, 1.82) is 0 Å².